The number of methoxy groups -OCH3 is 1. The van der Waals surface area contributed by atoms with Crippen LogP contribution in [0.4, 0.5) is 0 Å². The van der Waals surface area contributed by atoms with Gasteiger partial charge in [0.2, 0.25) is 0 Å². The lowest BCUT2D eigenvalue weighted by molar-refractivity contribution is 0.00638. The van der Waals surface area contributed by atoms with Gasteiger partial charge in [-0.1, -0.05) is 13.8 Å². The Hall–Kier alpha value is -1.48. The molecule has 1 aromatic carbocycles. The first-order valence-electron chi connectivity index (χ1n) is 10.2. The van der Waals surface area contributed by atoms with E-state index in [1.165, 1.54) is 30.4 Å². The fourth-order valence-electron chi connectivity index (χ4n) is 5.72. The molecule has 0 N–H and O–H groups in total. The Morgan fingerprint density at radius 2 is 1.73 bits per heavy atom. The average Bonchev–Trinajstić information content (AvgIpc) is 2.61. The van der Waals surface area contributed by atoms with E-state index >= 15 is 0 Å². The summed E-state index contributed by atoms with van der Waals surface area (Å²) in [6.45, 7) is 11.5. The van der Waals surface area contributed by atoms with Gasteiger partial charge in [0.1, 0.15) is 0 Å². The van der Waals surface area contributed by atoms with E-state index in [2.05, 4.69) is 34.6 Å². The highest BCUT2D eigenvalue weighted by atomic mass is 16.5. The highest BCUT2D eigenvalue weighted by molar-refractivity contribution is 5.85. The molecule has 3 heteroatoms. The van der Waals surface area contributed by atoms with E-state index in [-0.39, 0.29) is 5.60 Å². The van der Waals surface area contributed by atoms with Crippen molar-refractivity contribution in [3.05, 3.63) is 34.6 Å². The molecule has 0 amide bonds. The molecule has 140 valence electrons. The zero-order chi connectivity index (χ0) is 18.6. The van der Waals surface area contributed by atoms with Gasteiger partial charge in [-0.15, -0.1) is 0 Å². The minimum atomic E-state index is -0.103. The van der Waals surface area contributed by atoms with Gasteiger partial charge in [-0.3, -0.25) is 9.97 Å². The number of ether oxygens (including phenoxy) is 1. The molecule has 26 heavy (non-hydrogen) atoms. The van der Waals surface area contributed by atoms with Crippen molar-refractivity contribution in [3.8, 4) is 0 Å². The minimum absolute atomic E-state index is 0.103. The smallest absolute Gasteiger partial charge is 0.0927 e. The van der Waals surface area contributed by atoms with Crippen molar-refractivity contribution in [2.45, 2.75) is 83.7 Å². The molecule has 2 aromatic rings. The Morgan fingerprint density at radius 1 is 1.04 bits per heavy atom. The summed E-state index contributed by atoms with van der Waals surface area (Å²) in [5.41, 5.74) is 8.22. The summed E-state index contributed by atoms with van der Waals surface area (Å²) in [4.78, 5) is 9.55. The summed E-state index contributed by atoms with van der Waals surface area (Å²) >= 11 is 0. The molecule has 0 unspecified atom stereocenters. The second-order valence-electron chi connectivity index (χ2n) is 9.28. The van der Waals surface area contributed by atoms with Gasteiger partial charge >= 0.3 is 0 Å². The zero-order valence-electron chi connectivity index (χ0n) is 17.1. The molecule has 0 saturated carbocycles. The SMILES string of the molecule is COC(C)(C)C[C@@H]1C[C@H](C)[C@H]2CC[C@H](C)c3c2c1c(C)c1nccnc31. The Bertz CT molecular complexity index is 842. The van der Waals surface area contributed by atoms with Crippen LogP contribution in [-0.2, 0) is 4.74 Å². The summed E-state index contributed by atoms with van der Waals surface area (Å²) in [5, 5.41) is 0. The highest BCUT2D eigenvalue weighted by Gasteiger charge is 2.41. The number of aromatic nitrogens is 2. The second-order valence-corrected chi connectivity index (χ2v) is 9.28. The number of nitrogens with zero attached hydrogens (tertiary/aromatic N) is 2. The molecule has 0 saturated heterocycles. The van der Waals surface area contributed by atoms with Crippen LogP contribution in [0.5, 0.6) is 0 Å². The first kappa shape index (κ1) is 17.9. The molecule has 1 aromatic heterocycles. The normalized spacial score (nSPS) is 28.2. The van der Waals surface area contributed by atoms with E-state index in [0.717, 1.165) is 23.4 Å². The van der Waals surface area contributed by atoms with Crippen molar-refractivity contribution >= 4 is 11.0 Å². The van der Waals surface area contributed by atoms with Gasteiger partial charge in [0.15, 0.2) is 0 Å². The molecular formula is C23H32N2O. The molecule has 0 radical (unpaired) electrons. The van der Waals surface area contributed by atoms with E-state index in [0.29, 0.717) is 17.8 Å². The summed E-state index contributed by atoms with van der Waals surface area (Å²) in [6.07, 6.45) is 8.61. The maximum Gasteiger partial charge on any atom is 0.0927 e. The summed E-state index contributed by atoms with van der Waals surface area (Å²) in [7, 11) is 1.84. The molecule has 2 aliphatic carbocycles. The first-order valence-corrected chi connectivity index (χ1v) is 10.2. The number of hydrogen-bond acceptors (Lipinski definition) is 3. The third-order valence-electron chi connectivity index (χ3n) is 7.11. The standard InChI is InChI=1S/C23H32N2O/c1-13-7-8-17-14(2)11-16(12-23(4,5)26-6)19-15(3)21-22(18(13)20(17)19)25-10-9-24-21/h9-10,13-14,16-17H,7-8,11-12H2,1-6H3/t13-,14-,16-,17+/m0/s1. The topological polar surface area (TPSA) is 35.0 Å². The third-order valence-corrected chi connectivity index (χ3v) is 7.11. The lowest BCUT2D eigenvalue weighted by Gasteiger charge is -2.44. The molecule has 0 spiro atoms. The molecule has 0 fully saturated rings. The Labute approximate surface area is 157 Å². The van der Waals surface area contributed by atoms with E-state index in [4.69, 9.17) is 14.7 Å². The largest absolute Gasteiger partial charge is 0.379 e. The van der Waals surface area contributed by atoms with Gasteiger partial charge in [-0.25, -0.2) is 0 Å². The van der Waals surface area contributed by atoms with Crippen molar-refractivity contribution in [3.63, 3.8) is 0 Å². The zero-order valence-corrected chi connectivity index (χ0v) is 17.1. The summed E-state index contributed by atoms with van der Waals surface area (Å²) < 4.78 is 5.81. The monoisotopic (exact) mass is 352 g/mol. The van der Waals surface area contributed by atoms with Crippen LogP contribution in [0, 0.1) is 12.8 Å². The molecule has 4 rings (SSSR count). The second kappa shape index (κ2) is 6.30. The maximum atomic E-state index is 5.81. The van der Waals surface area contributed by atoms with Crippen LogP contribution in [0.2, 0.25) is 0 Å². The van der Waals surface area contributed by atoms with Crippen LogP contribution >= 0.6 is 0 Å². The molecule has 1 heterocycles. The first-order chi connectivity index (χ1) is 12.3. The number of hydrogen-bond donors (Lipinski definition) is 0. The molecule has 3 nitrogen and oxygen atoms in total. The van der Waals surface area contributed by atoms with Gasteiger partial charge in [0, 0.05) is 19.5 Å². The summed E-state index contributed by atoms with van der Waals surface area (Å²) in [5.74, 6) is 2.52. The van der Waals surface area contributed by atoms with E-state index in [1.807, 2.05) is 19.5 Å². The average molecular weight is 353 g/mol. The third kappa shape index (κ3) is 2.67. The van der Waals surface area contributed by atoms with Crippen molar-refractivity contribution in [2.75, 3.05) is 7.11 Å². The molecule has 2 aliphatic rings. The Balaban J connectivity index is 2.00. The van der Waals surface area contributed by atoms with E-state index < -0.39 is 0 Å². The number of fused-ring (bicyclic) bond motifs is 2. The van der Waals surface area contributed by atoms with Crippen LogP contribution in [0.3, 0.4) is 0 Å². The fourth-order valence-corrected chi connectivity index (χ4v) is 5.72. The number of rotatable bonds is 3. The van der Waals surface area contributed by atoms with Crippen molar-refractivity contribution in [1.29, 1.82) is 0 Å². The van der Waals surface area contributed by atoms with Gasteiger partial charge in [0.05, 0.1) is 16.6 Å². The lowest BCUT2D eigenvalue weighted by Crippen LogP contribution is -2.33. The van der Waals surface area contributed by atoms with Crippen LogP contribution in [0.1, 0.15) is 93.4 Å². The van der Waals surface area contributed by atoms with Gasteiger partial charge in [-0.2, -0.15) is 0 Å². The van der Waals surface area contributed by atoms with Crippen LogP contribution in [0.25, 0.3) is 11.0 Å². The van der Waals surface area contributed by atoms with Gasteiger partial charge in [-0.05, 0) is 92.4 Å². The van der Waals surface area contributed by atoms with Crippen molar-refractivity contribution in [1.82, 2.24) is 9.97 Å². The number of aryl methyl sites for hydroxylation is 1. The molecular weight excluding hydrogens is 320 g/mol. The van der Waals surface area contributed by atoms with E-state index in [9.17, 15) is 0 Å². The Morgan fingerprint density at radius 3 is 2.42 bits per heavy atom. The lowest BCUT2D eigenvalue weighted by atomic mass is 9.61. The van der Waals surface area contributed by atoms with Crippen molar-refractivity contribution < 1.29 is 4.74 Å². The molecule has 4 atom stereocenters. The minimum Gasteiger partial charge on any atom is -0.379 e. The van der Waals surface area contributed by atoms with Crippen LogP contribution < -0.4 is 0 Å². The van der Waals surface area contributed by atoms with Crippen molar-refractivity contribution in [2.24, 2.45) is 5.92 Å². The van der Waals surface area contributed by atoms with Gasteiger partial charge < -0.3 is 4.74 Å². The maximum absolute atomic E-state index is 5.81. The van der Waals surface area contributed by atoms with Crippen LogP contribution in [-0.4, -0.2) is 22.7 Å². The number of benzene rings is 1. The Kier molecular flexibility index (Phi) is 4.34. The van der Waals surface area contributed by atoms with Crippen LogP contribution in [0.15, 0.2) is 12.4 Å². The molecule has 0 aliphatic heterocycles. The quantitative estimate of drug-likeness (QED) is 0.694. The highest BCUT2D eigenvalue weighted by Crippen LogP contribution is 2.55. The summed E-state index contributed by atoms with van der Waals surface area (Å²) in [6, 6.07) is 0. The molecule has 0 bridgehead atoms. The predicted molar refractivity (Wildman–Crippen MR) is 107 cm³/mol. The fraction of sp³-hybridized carbons (Fsp3) is 0.652. The predicted octanol–water partition coefficient (Wildman–Crippen LogP) is 5.86. The van der Waals surface area contributed by atoms with E-state index in [1.54, 1.807) is 11.1 Å². The van der Waals surface area contributed by atoms with Gasteiger partial charge in [0.25, 0.3) is 0 Å².